The summed E-state index contributed by atoms with van der Waals surface area (Å²) in [5.41, 5.74) is 0.249. The van der Waals surface area contributed by atoms with E-state index in [1.807, 2.05) is 0 Å². The smallest absolute Gasteiger partial charge is 0.259 e. The van der Waals surface area contributed by atoms with Crippen molar-refractivity contribution < 1.29 is 0 Å². The molecule has 0 spiro atoms. The zero-order valence-corrected chi connectivity index (χ0v) is 7.88. The molecule has 0 aliphatic heterocycles. The van der Waals surface area contributed by atoms with Gasteiger partial charge in [-0.25, -0.2) is 4.98 Å². The molecule has 0 unspecified atom stereocenters. The Bertz CT molecular complexity index is 521. The summed E-state index contributed by atoms with van der Waals surface area (Å²) in [5, 5.41) is 0.672. The van der Waals surface area contributed by atoms with E-state index in [0.717, 1.165) is 0 Å². The Balaban J connectivity index is 2.95. The number of nitrogens with zero attached hydrogens (tertiary/aromatic N) is 2. The summed E-state index contributed by atoms with van der Waals surface area (Å²) in [6.07, 6.45) is 1.50. The quantitative estimate of drug-likeness (QED) is 0.630. The van der Waals surface area contributed by atoms with Crippen molar-refractivity contribution in [3.05, 3.63) is 44.9 Å². The van der Waals surface area contributed by atoms with Crippen LogP contribution in [0.5, 0.6) is 0 Å². The Morgan fingerprint density at radius 3 is 2.85 bits per heavy atom. The lowest BCUT2D eigenvalue weighted by atomic mass is 10.4. The highest BCUT2D eigenvalue weighted by Crippen LogP contribution is 2.09. The molecule has 2 aromatic heterocycles. The SMILES string of the molecule is O=c1cc(Cl)nc2ccc(Cl)cn12. The zero-order valence-electron chi connectivity index (χ0n) is 6.37. The second-order valence-corrected chi connectivity index (χ2v) is 3.32. The van der Waals surface area contributed by atoms with Crippen LogP contribution in [0.1, 0.15) is 0 Å². The molecule has 0 N–H and O–H groups in total. The highest BCUT2D eigenvalue weighted by atomic mass is 35.5. The number of hydrogen-bond donors (Lipinski definition) is 0. The first kappa shape index (κ1) is 8.53. The predicted molar refractivity (Wildman–Crippen MR) is 51.5 cm³/mol. The fourth-order valence-corrected chi connectivity index (χ4v) is 1.39. The lowest BCUT2D eigenvalue weighted by Crippen LogP contribution is -2.12. The van der Waals surface area contributed by atoms with Crippen LogP contribution in [0.25, 0.3) is 5.65 Å². The summed E-state index contributed by atoms with van der Waals surface area (Å²) < 4.78 is 1.34. The molecule has 0 aliphatic carbocycles. The third kappa shape index (κ3) is 1.53. The van der Waals surface area contributed by atoms with Crippen molar-refractivity contribution >= 4 is 28.8 Å². The Morgan fingerprint density at radius 2 is 2.08 bits per heavy atom. The van der Waals surface area contributed by atoms with E-state index in [1.54, 1.807) is 12.1 Å². The fourth-order valence-electron chi connectivity index (χ4n) is 1.05. The van der Waals surface area contributed by atoms with Crippen LogP contribution in [-0.4, -0.2) is 9.38 Å². The standard InChI is InChI=1S/C8H4Cl2N2O/c9-5-1-2-7-11-6(10)3-8(13)12(7)4-5/h1-4H. The van der Waals surface area contributed by atoms with Crippen LogP contribution in [0.3, 0.4) is 0 Å². The van der Waals surface area contributed by atoms with Gasteiger partial charge in [0.25, 0.3) is 5.56 Å². The van der Waals surface area contributed by atoms with Crippen LogP contribution in [0.15, 0.2) is 29.2 Å². The number of aromatic nitrogens is 2. The van der Waals surface area contributed by atoms with Gasteiger partial charge in [0.1, 0.15) is 10.8 Å². The van der Waals surface area contributed by atoms with Crippen molar-refractivity contribution in [2.75, 3.05) is 0 Å². The van der Waals surface area contributed by atoms with E-state index in [0.29, 0.717) is 10.7 Å². The molecule has 66 valence electrons. The van der Waals surface area contributed by atoms with Crippen molar-refractivity contribution in [1.82, 2.24) is 9.38 Å². The molecular weight excluding hydrogens is 211 g/mol. The van der Waals surface area contributed by atoms with Gasteiger partial charge in [0.2, 0.25) is 0 Å². The van der Waals surface area contributed by atoms with Crippen molar-refractivity contribution in [3.8, 4) is 0 Å². The van der Waals surface area contributed by atoms with E-state index >= 15 is 0 Å². The predicted octanol–water partition coefficient (Wildman–Crippen LogP) is 2.00. The van der Waals surface area contributed by atoms with Gasteiger partial charge < -0.3 is 0 Å². The molecule has 0 atom stereocenters. The third-order valence-electron chi connectivity index (χ3n) is 1.59. The number of halogens is 2. The van der Waals surface area contributed by atoms with Gasteiger partial charge in [-0.2, -0.15) is 0 Å². The highest BCUT2D eigenvalue weighted by molar-refractivity contribution is 6.30. The van der Waals surface area contributed by atoms with Gasteiger partial charge in [0.05, 0.1) is 5.02 Å². The van der Waals surface area contributed by atoms with Crippen LogP contribution in [0.2, 0.25) is 10.2 Å². The molecule has 2 rings (SSSR count). The second-order valence-electron chi connectivity index (χ2n) is 2.49. The van der Waals surface area contributed by atoms with E-state index < -0.39 is 0 Å². The number of fused-ring (bicyclic) bond motifs is 1. The fraction of sp³-hybridized carbons (Fsp3) is 0. The van der Waals surface area contributed by atoms with E-state index in [1.165, 1.54) is 16.7 Å². The Kier molecular flexibility index (Phi) is 1.98. The van der Waals surface area contributed by atoms with Gasteiger partial charge in [-0.1, -0.05) is 23.2 Å². The zero-order chi connectivity index (χ0) is 9.42. The van der Waals surface area contributed by atoms with Crippen LogP contribution >= 0.6 is 23.2 Å². The minimum Gasteiger partial charge on any atom is -0.269 e. The number of pyridine rings is 1. The third-order valence-corrected chi connectivity index (χ3v) is 2.01. The molecular formula is C8H4Cl2N2O. The van der Waals surface area contributed by atoms with Crippen LogP contribution in [0.4, 0.5) is 0 Å². The van der Waals surface area contributed by atoms with Gasteiger partial charge >= 0.3 is 0 Å². The molecule has 0 amide bonds. The molecule has 2 aromatic rings. The molecule has 0 bridgehead atoms. The minimum atomic E-state index is -0.238. The monoisotopic (exact) mass is 214 g/mol. The van der Waals surface area contributed by atoms with Crippen LogP contribution in [-0.2, 0) is 0 Å². The molecule has 0 fully saturated rings. The molecule has 0 saturated carbocycles. The maximum Gasteiger partial charge on any atom is 0.259 e. The lowest BCUT2D eigenvalue weighted by molar-refractivity contribution is 1.05. The summed E-state index contributed by atoms with van der Waals surface area (Å²) in [7, 11) is 0. The van der Waals surface area contributed by atoms with Crippen LogP contribution in [0, 0.1) is 0 Å². The lowest BCUT2D eigenvalue weighted by Gasteiger charge is -1.99. The van der Waals surface area contributed by atoms with Crippen molar-refractivity contribution in [2.45, 2.75) is 0 Å². The highest BCUT2D eigenvalue weighted by Gasteiger charge is 1.99. The van der Waals surface area contributed by atoms with E-state index in [-0.39, 0.29) is 10.7 Å². The minimum absolute atomic E-state index is 0.187. The van der Waals surface area contributed by atoms with Gasteiger partial charge in [0.15, 0.2) is 0 Å². The second kappa shape index (κ2) is 3.01. The van der Waals surface area contributed by atoms with E-state index in [9.17, 15) is 4.79 Å². The van der Waals surface area contributed by atoms with Gasteiger partial charge in [-0.05, 0) is 12.1 Å². The van der Waals surface area contributed by atoms with E-state index in [4.69, 9.17) is 23.2 Å². The molecule has 3 nitrogen and oxygen atoms in total. The van der Waals surface area contributed by atoms with Crippen molar-refractivity contribution in [2.24, 2.45) is 0 Å². The molecule has 13 heavy (non-hydrogen) atoms. The Hall–Kier alpha value is -1.06. The maximum atomic E-state index is 11.3. The molecule has 0 aromatic carbocycles. The average molecular weight is 215 g/mol. The van der Waals surface area contributed by atoms with Gasteiger partial charge in [0, 0.05) is 12.3 Å². The van der Waals surface area contributed by atoms with Gasteiger partial charge in [-0.15, -0.1) is 0 Å². The van der Waals surface area contributed by atoms with E-state index in [2.05, 4.69) is 4.98 Å². The summed E-state index contributed by atoms with van der Waals surface area (Å²) in [4.78, 5) is 15.3. The summed E-state index contributed by atoms with van der Waals surface area (Å²) >= 11 is 11.3. The summed E-state index contributed by atoms with van der Waals surface area (Å²) in [6, 6.07) is 4.53. The molecule has 2 heterocycles. The summed E-state index contributed by atoms with van der Waals surface area (Å²) in [5.74, 6) is 0. The molecule has 0 saturated heterocycles. The molecule has 0 aliphatic rings. The van der Waals surface area contributed by atoms with Gasteiger partial charge in [-0.3, -0.25) is 9.20 Å². The van der Waals surface area contributed by atoms with Crippen molar-refractivity contribution in [3.63, 3.8) is 0 Å². The summed E-state index contributed by atoms with van der Waals surface area (Å²) in [6.45, 7) is 0. The first-order valence-corrected chi connectivity index (χ1v) is 4.27. The molecule has 5 heteroatoms. The molecule has 0 radical (unpaired) electrons. The first-order chi connectivity index (χ1) is 6.16. The number of rotatable bonds is 0. The maximum absolute atomic E-state index is 11.3. The largest absolute Gasteiger partial charge is 0.269 e. The average Bonchev–Trinajstić information content (AvgIpc) is 2.06. The topological polar surface area (TPSA) is 34.4 Å². The Morgan fingerprint density at radius 1 is 1.31 bits per heavy atom. The Labute approximate surface area is 83.5 Å². The van der Waals surface area contributed by atoms with Crippen LogP contribution < -0.4 is 5.56 Å². The number of hydrogen-bond acceptors (Lipinski definition) is 2. The van der Waals surface area contributed by atoms with Crippen molar-refractivity contribution in [1.29, 1.82) is 0 Å². The normalized spacial score (nSPS) is 10.6. The first-order valence-electron chi connectivity index (χ1n) is 3.51.